The third-order valence-corrected chi connectivity index (χ3v) is 3.26. The van der Waals surface area contributed by atoms with Crippen LogP contribution in [0, 0.1) is 4.64 Å². The van der Waals surface area contributed by atoms with Crippen molar-refractivity contribution in [2.75, 3.05) is 7.11 Å². The predicted molar refractivity (Wildman–Crippen MR) is 80.4 cm³/mol. The first kappa shape index (κ1) is 14.0. The van der Waals surface area contributed by atoms with E-state index in [2.05, 4.69) is 16.9 Å². The number of aryl methyl sites for hydroxylation is 1. The first-order valence-electron chi connectivity index (χ1n) is 6.08. The molecule has 1 aromatic heterocycles. The zero-order valence-corrected chi connectivity index (χ0v) is 12.4. The van der Waals surface area contributed by atoms with Gasteiger partial charge < -0.3 is 9.72 Å². The van der Waals surface area contributed by atoms with Crippen LogP contribution in [0.4, 0.5) is 0 Å². The third-order valence-electron chi connectivity index (χ3n) is 2.74. The van der Waals surface area contributed by atoms with E-state index >= 15 is 0 Å². The summed E-state index contributed by atoms with van der Waals surface area (Å²) in [6.45, 7) is 2.11. The van der Waals surface area contributed by atoms with Crippen molar-refractivity contribution in [1.29, 1.82) is 0 Å². The molecule has 0 radical (unpaired) electrons. The number of aromatic amines is 1. The SMILES string of the molecule is CCCc1nc(=S)cc(-c2ccc(Cl)c(OC)c2)[nH]1. The van der Waals surface area contributed by atoms with Gasteiger partial charge >= 0.3 is 0 Å². The van der Waals surface area contributed by atoms with Crippen molar-refractivity contribution < 1.29 is 4.74 Å². The standard InChI is InChI=1S/C14H15ClN2OS/c1-3-4-13-16-11(8-14(19)17-13)9-5-6-10(15)12(7-9)18-2/h5-8H,3-4H2,1-2H3,(H,16,17,19). The Morgan fingerprint density at radius 2 is 2.16 bits per heavy atom. The van der Waals surface area contributed by atoms with Gasteiger partial charge in [-0.15, -0.1) is 0 Å². The number of rotatable bonds is 4. The Kier molecular flexibility index (Phi) is 4.56. The molecule has 0 aliphatic rings. The van der Waals surface area contributed by atoms with Gasteiger partial charge in [-0.05, 0) is 24.6 Å². The third kappa shape index (κ3) is 3.33. The zero-order valence-electron chi connectivity index (χ0n) is 10.9. The van der Waals surface area contributed by atoms with Crippen LogP contribution in [0.25, 0.3) is 11.3 Å². The number of ether oxygens (including phenoxy) is 1. The largest absolute Gasteiger partial charge is 0.495 e. The lowest BCUT2D eigenvalue weighted by Gasteiger charge is -2.08. The molecule has 5 heteroatoms. The monoisotopic (exact) mass is 294 g/mol. The van der Waals surface area contributed by atoms with Gasteiger partial charge in [0.2, 0.25) is 0 Å². The summed E-state index contributed by atoms with van der Waals surface area (Å²) in [5, 5.41) is 0.590. The molecule has 0 fully saturated rings. The van der Waals surface area contributed by atoms with Crippen LogP contribution in [0.5, 0.6) is 5.75 Å². The fraction of sp³-hybridized carbons (Fsp3) is 0.286. The highest BCUT2D eigenvalue weighted by Gasteiger charge is 2.06. The van der Waals surface area contributed by atoms with Gasteiger partial charge in [0, 0.05) is 17.7 Å². The smallest absolute Gasteiger partial charge is 0.138 e. The van der Waals surface area contributed by atoms with E-state index in [4.69, 9.17) is 28.6 Å². The van der Waals surface area contributed by atoms with Gasteiger partial charge in [-0.3, -0.25) is 0 Å². The summed E-state index contributed by atoms with van der Waals surface area (Å²) in [4.78, 5) is 7.61. The second-order valence-electron chi connectivity index (χ2n) is 4.18. The Morgan fingerprint density at radius 3 is 2.84 bits per heavy atom. The Balaban J connectivity index is 2.49. The Labute approximate surface area is 122 Å². The molecule has 2 rings (SSSR count). The molecule has 0 unspecified atom stereocenters. The van der Waals surface area contributed by atoms with Crippen molar-refractivity contribution in [1.82, 2.24) is 9.97 Å². The van der Waals surface area contributed by atoms with Crippen LogP contribution < -0.4 is 4.74 Å². The molecule has 0 aliphatic heterocycles. The van der Waals surface area contributed by atoms with Crippen molar-refractivity contribution in [2.45, 2.75) is 19.8 Å². The zero-order chi connectivity index (χ0) is 13.8. The molecule has 0 bridgehead atoms. The van der Waals surface area contributed by atoms with Gasteiger partial charge in [-0.2, -0.15) is 0 Å². The minimum atomic E-state index is 0.589. The van der Waals surface area contributed by atoms with Gasteiger partial charge in [-0.25, -0.2) is 4.98 Å². The molecule has 3 nitrogen and oxygen atoms in total. The first-order chi connectivity index (χ1) is 9.13. The van der Waals surface area contributed by atoms with Crippen molar-refractivity contribution >= 4 is 23.8 Å². The maximum atomic E-state index is 6.03. The summed E-state index contributed by atoms with van der Waals surface area (Å²) in [5.74, 6) is 1.55. The molecular formula is C14H15ClN2OS. The highest BCUT2D eigenvalue weighted by atomic mass is 35.5. The van der Waals surface area contributed by atoms with Crippen molar-refractivity contribution in [2.24, 2.45) is 0 Å². The molecule has 0 saturated carbocycles. The van der Waals surface area contributed by atoms with Crippen LogP contribution in [0.3, 0.4) is 0 Å². The fourth-order valence-electron chi connectivity index (χ4n) is 1.85. The van der Waals surface area contributed by atoms with Gasteiger partial charge in [0.05, 0.1) is 12.1 Å². The van der Waals surface area contributed by atoms with Gasteiger partial charge in [0.25, 0.3) is 0 Å². The summed E-state index contributed by atoms with van der Waals surface area (Å²) in [6, 6.07) is 7.48. The molecule has 100 valence electrons. The van der Waals surface area contributed by atoms with Crippen LogP contribution in [0.1, 0.15) is 19.2 Å². The molecule has 0 spiro atoms. The molecule has 19 heavy (non-hydrogen) atoms. The maximum absolute atomic E-state index is 6.03. The van der Waals surface area contributed by atoms with Crippen LogP contribution in [-0.2, 0) is 6.42 Å². The van der Waals surface area contributed by atoms with Gasteiger partial charge in [-0.1, -0.05) is 36.8 Å². The van der Waals surface area contributed by atoms with E-state index < -0.39 is 0 Å². The lowest BCUT2D eigenvalue weighted by Crippen LogP contribution is -1.97. The van der Waals surface area contributed by atoms with Crippen LogP contribution in [0.2, 0.25) is 5.02 Å². The van der Waals surface area contributed by atoms with Crippen molar-refractivity contribution in [3.8, 4) is 17.0 Å². The number of nitrogens with one attached hydrogen (secondary N) is 1. The minimum Gasteiger partial charge on any atom is -0.495 e. The number of hydrogen-bond donors (Lipinski definition) is 1. The minimum absolute atomic E-state index is 0.589. The van der Waals surface area contributed by atoms with E-state index in [9.17, 15) is 0 Å². The molecule has 1 N–H and O–H groups in total. The Bertz CT molecular complexity index is 640. The van der Waals surface area contributed by atoms with E-state index in [1.165, 1.54) is 0 Å². The van der Waals surface area contributed by atoms with E-state index in [1.54, 1.807) is 7.11 Å². The molecular weight excluding hydrogens is 280 g/mol. The quantitative estimate of drug-likeness (QED) is 0.848. The maximum Gasteiger partial charge on any atom is 0.138 e. The average molecular weight is 295 g/mol. The molecule has 1 aromatic carbocycles. The Morgan fingerprint density at radius 1 is 1.37 bits per heavy atom. The van der Waals surface area contributed by atoms with Crippen molar-refractivity contribution in [3.05, 3.63) is 39.8 Å². The lowest BCUT2D eigenvalue weighted by atomic mass is 10.1. The van der Waals surface area contributed by atoms with Crippen LogP contribution >= 0.6 is 23.8 Å². The Hall–Kier alpha value is -1.39. The topological polar surface area (TPSA) is 37.9 Å². The molecule has 0 aliphatic carbocycles. The number of halogens is 1. The molecule has 1 heterocycles. The molecule has 0 atom stereocenters. The second-order valence-corrected chi connectivity index (χ2v) is 5.00. The number of methoxy groups -OCH3 is 1. The average Bonchev–Trinajstić information content (AvgIpc) is 2.39. The number of benzene rings is 1. The number of aromatic nitrogens is 2. The van der Waals surface area contributed by atoms with E-state index in [1.807, 2.05) is 24.3 Å². The highest BCUT2D eigenvalue weighted by Crippen LogP contribution is 2.29. The number of nitrogens with zero attached hydrogens (tertiary/aromatic N) is 1. The highest BCUT2D eigenvalue weighted by molar-refractivity contribution is 7.71. The van der Waals surface area contributed by atoms with Crippen LogP contribution in [-0.4, -0.2) is 17.1 Å². The fourth-order valence-corrected chi connectivity index (χ4v) is 2.27. The second kappa shape index (κ2) is 6.17. The van der Waals surface area contributed by atoms with Gasteiger partial charge in [0.1, 0.15) is 16.2 Å². The van der Waals surface area contributed by atoms with Crippen LogP contribution in [0.15, 0.2) is 24.3 Å². The molecule has 0 saturated heterocycles. The normalized spacial score (nSPS) is 10.5. The summed E-state index contributed by atoms with van der Waals surface area (Å²) in [5.41, 5.74) is 1.91. The summed E-state index contributed by atoms with van der Waals surface area (Å²) in [6.07, 6.45) is 1.90. The van der Waals surface area contributed by atoms with Gasteiger partial charge in [0.15, 0.2) is 0 Å². The van der Waals surface area contributed by atoms with Crippen molar-refractivity contribution in [3.63, 3.8) is 0 Å². The van der Waals surface area contributed by atoms with E-state index in [0.29, 0.717) is 15.4 Å². The van der Waals surface area contributed by atoms with E-state index in [-0.39, 0.29) is 0 Å². The summed E-state index contributed by atoms with van der Waals surface area (Å²) >= 11 is 11.2. The summed E-state index contributed by atoms with van der Waals surface area (Å²) in [7, 11) is 1.60. The first-order valence-corrected chi connectivity index (χ1v) is 6.86. The number of hydrogen-bond acceptors (Lipinski definition) is 3. The predicted octanol–water partition coefficient (Wildman–Crippen LogP) is 4.42. The molecule has 2 aromatic rings. The summed E-state index contributed by atoms with van der Waals surface area (Å²) < 4.78 is 5.82. The molecule has 0 amide bonds. The van der Waals surface area contributed by atoms with E-state index in [0.717, 1.165) is 29.9 Å². The number of H-pyrrole nitrogens is 1. The lowest BCUT2D eigenvalue weighted by molar-refractivity contribution is 0.415.